The molecule has 2 aromatic heterocycles. The molecule has 1 saturated heterocycles. The van der Waals surface area contributed by atoms with Crippen LogP contribution in [-0.2, 0) is 16.1 Å². The quantitative estimate of drug-likeness (QED) is 0.471. The lowest BCUT2D eigenvalue weighted by Crippen LogP contribution is -2.48. The van der Waals surface area contributed by atoms with E-state index in [4.69, 9.17) is 13.9 Å². The highest BCUT2D eigenvalue weighted by molar-refractivity contribution is 5.92. The summed E-state index contributed by atoms with van der Waals surface area (Å²) in [4.78, 5) is 49.9. The Labute approximate surface area is 204 Å². The van der Waals surface area contributed by atoms with Gasteiger partial charge in [-0.25, -0.2) is 18.5 Å². The molecule has 0 spiro atoms. The van der Waals surface area contributed by atoms with Gasteiger partial charge in [0.15, 0.2) is 0 Å². The van der Waals surface area contributed by atoms with Crippen LogP contribution in [0.2, 0.25) is 0 Å². The van der Waals surface area contributed by atoms with E-state index in [1.54, 1.807) is 21.9 Å². The zero-order valence-corrected chi connectivity index (χ0v) is 19.3. The number of benzene rings is 1. The van der Waals surface area contributed by atoms with Crippen LogP contribution < -0.4 is 16.0 Å². The largest absolute Gasteiger partial charge is 0.475 e. The van der Waals surface area contributed by atoms with Crippen LogP contribution in [0.5, 0.6) is 0 Å². The summed E-state index contributed by atoms with van der Waals surface area (Å²) in [5.74, 6) is -2.69. The van der Waals surface area contributed by atoms with E-state index in [0.29, 0.717) is 31.9 Å². The molecule has 1 aliphatic rings. The number of carboxylic acids is 1. The number of oxazole rings is 1. The van der Waals surface area contributed by atoms with Crippen molar-refractivity contribution in [3.8, 4) is 5.69 Å². The van der Waals surface area contributed by atoms with Gasteiger partial charge in [-0.1, -0.05) is 0 Å². The first-order valence-electron chi connectivity index (χ1n) is 11.0. The number of anilines is 1. The monoisotopic (exact) mass is 498 g/mol. The number of nitrogens with zero attached hydrogens (tertiary/aromatic N) is 3. The lowest BCUT2D eigenvalue weighted by atomic mass is 10.2. The number of carbonyl (C=O) groups excluding carboxylic acids is 2. The number of piperazine rings is 1. The average molecular weight is 498 g/mol. The number of hydrogen-bond acceptors (Lipinski definition) is 7. The molecule has 0 bridgehead atoms. The van der Waals surface area contributed by atoms with Crippen LogP contribution >= 0.6 is 0 Å². The van der Waals surface area contributed by atoms with Crippen molar-refractivity contribution < 1.29 is 32.7 Å². The van der Waals surface area contributed by atoms with Crippen molar-refractivity contribution in [3.63, 3.8) is 0 Å². The minimum absolute atomic E-state index is 0.0429. The fraction of sp³-hybridized carbons (Fsp3) is 0.250. The third kappa shape index (κ3) is 5.54. The van der Waals surface area contributed by atoms with Crippen LogP contribution in [0.25, 0.3) is 11.8 Å². The highest BCUT2D eigenvalue weighted by Gasteiger charge is 2.22. The van der Waals surface area contributed by atoms with Crippen molar-refractivity contribution in [2.45, 2.75) is 13.5 Å². The number of nitrogens with one attached hydrogen (secondary N) is 1. The molecule has 0 radical (unpaired) electrons. The van der Waals surface area contributed by atoms with Gasteiger partial charge in [0.2, 0.25) is 17.6 Å². The summed E-state index contributed by atoms with van der Waals surface area (Å²) in [5.41, 5.74) is 0.621. The topological polar surface area (TPSA) is 138 Å². The van der Waals surface area contributed by atoms with E-state index in [1.165, 1.54) is 43.5 Å². The van der Waals surface area contributed by atoms with Crippen molar-refractivity contribution in [2.75, 3.05) is 31.1 Å². The molecule has 188 valence electrons. The molecule has 0 aliphatic carbocycles. The average Bonchev–Trinajstić information content (AvgIpc) is 3.48. The van der Waals surface area contributed by atoms with E-state index in [2.05, 4.69) is 5.32 Å². The molecule has 1 fully saturated rings. The van der Waals surface area contributed by atoms with Gasteiger partial charge in [-0.3, -0.25) is 9.59 Å². The molecule has 0 atom stereocenters. The molecule has 3 heterocycles. The summed E-state index contributed by atoms with van der Waals surface area (Å²) in [6.45, 7) is 2.89. The van der Waals surface area contributed by atoms with Crippen LogP contribution in [0.3, 0.4) is 0 Å². The SMILES string of the molecule is CC(=O)NCc1cn(-c2ccc(N3CCN(C(=O)C=Cc4ccc(C(=O)O)o4)CC3)c(F)c2)c(=O)o1. The number of carboxylic acid groups (broad SMARTS) is 1. The molecule has 3 aromatic rings. The van der Waals surface area contributed by atoms with Gasteiger partial charge in [-0.05, 0) is 30.3 Å². The first-order chi connectivity index (χ1) is 17.2. The van der Waals surface area contributed by atoms with Crippen molar-refractivity contribution in [1.29, 1.82) is 0 Å². The maximum Gasteiger partial charge on any atom is 0.423 e. The summed E-state index contributed by atoms with van der Waals surface area (Å²) in [6, 6.07) is 7.14. The first kappa shape index (κ1) is 24.5. The van der Waals surface area contributed by atoms with Gasteiger partial charge >= 0.3 is 11.7 Å². The number of carbonyl (C=O) groups is 3. The second-order valence-electron chi connectivity index (χ2n) is 8.03. The van der Waals surface area contributed by atoms with E-state index in [-0.39, 0.29) is 41.3 Å². The molecule has 1 aliphatic heterocycles. The molecule has 2 N–H and O–H groups in total. The molecule has 1 aromatic carbocycles. The van der Waals surface area contributed by atoms with Gasteiger partial charge in [0.25, 0.3) is 0 Å². The van der Waals surface area contributed by atoms with Crippen molar-refractivity contribution in [2.24, 2.45) is 0 Å². The number of aromatic carboxylic acids is 1. The Morgan fingerprint density at radius 1 is 1.11 bits per heavy atom. The van der Waals surface area contributed by atoms with E-state index < -0.39 is 17.5 Å². The Kier molecular flexibility index (Phi) is 7.04. The number of aromatic nitrogens is 1. The molecule has 4 rings (SSSR count). The standard InChI is InChI=1S/C24H23FN4O7/c1-15(30)26-13-18-14-29(24(34)36-18)16-2-5-20(19(25)12-16)27-8-10-28(11-9-27)22(31)7-4-17-3-6-21(35-17)23(32)33/h2-7,12,14H,8-11,13H2,1H3,(H,26,30)(H,32,33). The Morgan fingerprint density at radius 3 is 2.50 bits per heavy atom. The molecule has 0 unspecified atom stereocenters. The van der Waals surface area contributed by atoms with Gasteiger partial charge in [0, 0.05) is 45.2 Å². The van der Waals surface area contributed by atoms with Crippen LogP contribution in [0.4, 0.5) is 10.1 Å². The molecular weight excluding hydrogens is 475 g/mol. The lowest BCUT2D eigenvalue weighted by molar-refractivity contribution is -0.126. The predicted octanol–water partition coefficient (Wildman–Crippen LogP) is 1.86. The van der Waals surface area contributed by atoms with E-state index in [1.807, 2.05) is 0 Å². The van der Waals surface area contributed by atoms with E-state index in [9.17, 15) is 23.6 Å². The number of amides is 2. The number of rotatable bonds is 7. The summed E-state index contributed by atoms with van der Waals surface area (Å²) >= 11 is 0. The first-order valence-corrected chi connectivity index (χ1v) is 11.0. The molecule has 2 amide bonds. The molecule has 36 heavy (non-hydrogen) atoms. The van der Waals surface area contributed by atoms with Crippen LogP contribution in [0, 0.1) is 5.82 Å². The highest BCUT2D eigenvalue weighted by Crippen LogP contribution is 2.23. The van der Waals surface area contributed by atoms with E-state index >= 15 is 0 Å². The number of hydrogen-bond donors (Lipinski definition) is 2. The Hall–Kier alpha value is -4.61. The van der Waals surface area contributed by atoms with Crippen molar-refractivity contribution >= 4 is 29.5 Å². The number of halogens is 1. The van der Waals surface area contributed by atoms with Crippen LogP contribution in [-0.4, -0.2) is 58.5 Å². The van der Waals surface area contributed by atoms with Gasteiger partial charge in [-0.2, -0.15) is 0 Å². The van der Waals surface area contributed by atoms with Gasteiger partial charge in [-0.15, -0.1) is 0 Å². The smallest absolute Gasteiger partial charge is 0.423 e. The minimum Gasteiger partial charge on any atom is -0.475 e. The third-order valence-corrected chi connectivity index (χ3v) is 5.57. The van der Waals surface area contributed by atoms with Crippen molar-refractivity contribution in [3.05, 3.63) is 76.3 Å². The van der Waals surface area contributed by atoms with Gasteiger partial charge < -0.3 is 29.1 Å². The van der Waals surface area contributed by atoms with Crippen LogP contribution in [0.1, 0.15) is 29.0 Å². The molecule has 12 heteroatoms. The molecular formula is C24H23FN4O7. The molecule has 0 saturated carbocycles. The maximum absolute atomic E-state index is 14.9. The third-order valence-electron chi connectivity index (χ3n) is 5.57. The second-order valence-corrected chi connectivity index (χ2v) is 8.03. The second kappa shape index (κ2) is 10.3. The summed E-state index contributed by atoms with van der Waals surface area (Å²) < 4.78 is 26.3. The number of furan rings is 1. The Morgan fingerprint density at radius 2 is 1.86 bits per heavy atom. The predicted molar refractivity (Wildman–Crippen MR) is 125 cm³/mol. The minimum atomic E-state index is -1.19. The van der Waals surface area contributed by atoms with E-state index in [0.717, 1.165) is 4.57 Å². The zero-order valence-electron chi connectivity index (χ0n) is 19.3. The zero-order chi connectivity index (χ0) is 25.8. The molecule has 11 nitrogen and oxygen atoms in total. The summed E-state index contributed by atoms with van der Waals surface area (Å²) in [7, 11) is 0. The highest BCUT2D eigenvalue weighted by atomic mass is 19.1. The Balaban J connectivity index is 1.37. The summed E-state index contributed by atoms with van der Waals surface area (Å²) in [5, 5.41) is 11.4. The van der Waals surface area contributed by atoms with Gasteiger partial charge in [0.1, 0.15) is 17.3 Å². The van der Waals surface area contributed by atoms with Crippen LogP contribution in [0.15, 0.2) is 56.2 Å². The Bertz CT molecular complexity index is 1380. The lowest BCUT2D eigenvalue weighted by Gasteiger charge is -2.35. The maximum atomic E-state index is 14.9. The summed E-state index contributed by atoms with van der Waals surface area (Å²) in [6.07, 6.45) is 4.10. The normalized spacial score (nSPS) is 13.8. The van der Waals surface area contributed by atoms with Crippen molar-refractivity contribution in [1.82, 2.24) is 14.8 Å². The fourth-order valence-electron chi connectivity index (χ4n) is 3.74. The van der Waals surface area contributed by atoms with Gasteiger partial charge in [0.05, 0.1) is 24.1 Å². The fourth-order valence-corrected chi connectivity index (χ4v) is 3.74.